The van der Waals surface area contributed by atoms with Gasteiger partial charge in [0.05, 0.1) is 17.2 Å². The van der Waals surface area contributed by atoms with Crippen LogP contribution in [-0.4, -0.2) is 28.0 Å². The summed E-state index contributed by atoms with van der Waals surface area (Å²) in [4.78, 5) is 16.7. The topological polar surface area (TPSA) is 75.7 Å². The van der Waals surface area contributed by atoms with Crippen LogP contribution in [0.25, 0.3) is 0 Å². The van der Waals surface area contributed by atoms with Crippen molar-refractivity contribution in [2.24, 2.45) is 0 Å². The highest BCUT2D eigenvalue weighted by Gasteiger charge is 2.22. The standard InChI is InChI=1S/C16H17ClN2O4S/c1-3-23-18-16(20)12-6-4-9-15(10-12)24(21,22)19(2)14-8-5-7-13(17)11-14/h4-11H,3H2,1-2H3,(H,18,20). The van der Waals surface area contributed by atoms with Crippen molar-refractivity contribution >= 4 is 33.2 Å². The molecule has 24 heavy (non-hydrogen) atoms. The molecular formula is C16H17ClN2O4S. The van der Waals surface area contributed by atoms with Gasteiger partial charge in [0.1, 0.15) is 0 Å². The Morgan fingerprint density at radius 3 is 2.58 bits per heavy atom. The van der Waals surface area contributed by atoms with Gasteiger partial charge in [-0.3, -0.25) is 13.9 Å². The van der Waals surface area contributed by atoms with E-state index in [0.717, 1.165) is 4.31 Å². The van der Waals surface area contributed by atoms with Crippen LogP contribution in [0.5, 0.6) is 0 Å². The number of nitrogens with zero attached hydrogens (tertiary/aromatic N) is 1. The lowest BCUT2D eigenvalue weighted by molar-refractivity contribution is 0.0364. The third-order valence-electron chi connectivity index (χ3n) is 3.24. The molecule has 0 aromatic heterocycles. The third-order valence-corrected chi connectivity index (χ3v) is 5.25. The fourth-order valence-electron chi connectivity index (χ4n) is 1.96. The van der Waals surface area contributed by atoms with Gasteiger partial charge in [-0.15, -0.1) is 0 Å². The third kappa shape index (κ3) is 4.05. The van der Waals surface area contributed by atoms with E-state index in [-0.39, 0.29) is 10.5 Å². The molecule has 0 heterocycles. The van der Waals surface area contributed by atoms with Crippen molar-refractivity contribution in [2.75, 3.05) is 18.0 Å². The van der Waals surface area contributed by atoms with Crippen LogP contribution < -0.4 is 9.79 Å². The molecule has 0 atom stereocenters. The molecule has 0 radical (unpaired) electrons. The fourth-order valence-corrected chi connectivity index (χ4v) is 3.38. The molecule has 2 rings (SSSR count). The van der Waals surface area contributed by atoms with Crippen LogP contribution in [0.4, 0.5) is 5.69 Å². The molecule has 0 saturated carbocycles. The Morgan fingerprint density at radius 1 is 1.21 bits per heavy atom. The zero-order chi connectivity index (χ0) is 17.7. The SMILES string of the molecule is CCONC(=O)c1cccc(S(=O)(=O)N(C)c2cccc(Cl)c2)c1. The van der Waals surface area contributed by atoms with Crippen molar-refractivity contribution in [3.8, 4) is 0 Å². The molecule has 0 aliphatic heterocycles. The second kappa shape index (κ2) is 7.65. The lowest BCUT2D eigenvalue weighted by Crippen LogP contribution is -2.27. The number of hydrogen-bond donors (Lipinski definition) is 1. The van der Waals surface area contributed by atoms with E-state index >= 15 is 0 Å². The van der Waals surface area contributed by atoms with Crippen LogP contribution in [-0.2, 0) is 14.9 Å². The van der Waals surface area contributed by atoms with Crippen molar-refractivity contribution in [1.29, 1.82) is 0 Å². The summed E-state index contributed by atoms with van der Waals surface area (Å²) in [6.07, 6.45) is 0. The lowest BCUT2D eigenvalue weighted by atomic mass is 10.2. The number of carbonyl (C=O) groups excluding carboxylic acids is 1. The van der Waals surface area contributed by atoms with Crippen molar-refractivity contribution in [3.63, 3.8) is 0 Å². The number of anilines is 1. The quantitative estimate of drug-likeness (QED) is 0.795. The Bertz CT molecular complexity index is 839. The summed E-state index contributed by atoms with van der Waals surface area (Å²) in [5.74, 6) is -0.515. The van der Waals surface area contributed by atoms with Gasteiger partial charge in [-0.05, 0) is 43.3 Å². The summed E-state index contributed by atoms with van der Waals surface area (Å²) < 4.78 is 26.6. The number of nitrogens with one attached hydrogen (secondary N) is 1. The summed E-state index contributed by atoms with van der Waals surface area (Å²) in [5.41, 5.74) is 2.84. The second-order valence-electron chi connectivity index (χ2n) is 4.84. The Kier molecular flexibility index (Phi) is 5.82. The highest BCUT2D eigenvalue weighted by molar-refractivity contribution is 7.92. The van der Waals surface area contributed by atoms with Gasteiger partial charge in [0, 0.05) is 17.6 Å². The molecule has 0 fully saturated rings. The van der Waals surface area contributed by atoms with Gasteiger partial charge in [0.2, 0.25) is 0 Å². The molecule has 1 amide bonds. The Labute approximate surface area is 146 Å². The van der Waals surface area contributed by atoms with Crippen molar-refractivity contribution in [1.82, 2.24) is 5.48 Å². The smallest absolute Gasteiger partial charge is 0.274 e. The molecule has 0 spiro atoms. The minimum absolute atomic E-state index is 0.00544. The monoisotopic (exact) mass is 368 g/mol. The molecule has 0 unspecified atom stereocenters. The number of sulfonamides is 1. The highest BCUT2D eigenvalue weighted by atomic mass is 35.5. The maximum Gasteiger partial charge on any atom is 0.274 e. The minimum atomic E-state index is -3.83. The zero-order valence-corrected chi connectivity index (χ0v) is 14.8. The van der Waals surface area contributed by atoms with Crippen LogP contribution >= 0.6 is 11.6 Å². The van der Waals surface area contributed by atoms with Gasteiger partial charge in [-0.25, -0.2) is 13.9 Å². The molecule has 128 valence electrons. The largest absolute Gasteiger partial charge is 0.274 e. The van der Waals surface area contributed by atoms with Gasteiger partial charge < -0.3 is 0 Å². The van der Waals surface area contributed by atoms with Gasteiger partial charge >= 0.3 is 0 Å². The van der Waals surface area contributed by atoms with Gasteiger partial charge in [-0.2, -0.15) is 0 Å². The molecule has 0 aliphatic rings. The Morgan fingerprint density at radius 2 is 1.92 bits per heavy atom. The van der Waals surface area contributed by atoms with Gasteiger partial charge in [0.25, 0.3) is 15.9 Å². The minimum Gasteiger partial charge on any atom is -0.274 e. The van der Waals surface area contributed by atoms with Crippen LogP contribution in [0.3, 0.4) is 0 Å². The first-order valence-corrected chi connectivity index (χ1v) is 8.94. The number of halogens is 1. The fraction of sp³-hybridized carbons (Fsp3) is 0.188. The van der Waals surface area contributed by atoms with E-state index in [4.69, 9.17) is 16.4 Å². The van der Waals surface area contributed by atoms with Crippen LogP contribution in [0.15, 0.2) is 53.4 Å². The molecule has 2 aromatic carbocycles. The number of amides is 1. The number of rotatable bonds is 6. The van der Waals surface area contributed by atoms with Gasteiger partial charge in [-0.1, -0.05) is 23.7 Å². The molecule has 0 saturated heterocycles. The predicted molar refractivity (Wildman–Crippen MR) is 92.6 cm³/mol. The molecule has 8 heteroatoms. The first-order chi connectivity index (χ1) is 11.4. The predicted octanol–water partition coefficient (Wildman–Crippen LogP) is 2.85. The van der Waals surface area contributed by atoms with Gasteiger partial charge in [0.15, 0.2) is 0 Å². The summed E-state index contributed by atoms with van der Waals surface area (Å²) in [5, 5.41) is 0.430. The maximum atomic E-state index is 12.8. The van der Waals surface area contributed by atoms with E-state index in [0.29, 0.717) is 17.3 Å². The molecule has 0 aliphatic carbocycles. The van der Waals surface area contributed by atoms with Crippen molar-refractivity contribution < 1.29 is 18.0 Å². The average molecular weight is 369 g/mol. The Hall–Kier alpha value is -2.09. The number of hydroxylamine groups is 1. The highest BCUT2D eigenvalue weighted by Crippen LogP contribution is 2.25. The van der Waals surface area contributed by atoms with E-state index in [9.17, 15) is 13.2 Å². The first kappa shape index (κ1) is 18.3. The van der Waals surface area contributed by atoms with Crippen LogP contribution in [0.1, 0.15) is 17.3 Å². The number of hydrogen-bond acceptors (Lipinski definition) is 4. The molecule has 0 bridgehead atoms. The molecule has 6 nitrogen and oxygen atoms in total. The summed E-state index contributed by atoms with van der Waals surface area (Å²) in [6.45, 7) is 2.03. The first-order valence-electron chi connectivity index (χ1n) is 7.13. The average Bonchev–Trinajstić information content (AvgIpc) is 2.59. The second-order valence-corrected chi connectivity index (χ2v) is 7.25. The molecule has 1 N–H and O–H groups in total. The van der Waals surface area contributed by atoms with Crippen molar-refractivity contribution in [3.05, 3.63) is 59.1 Å². The van der Waals surface area contributed by atoms with E-state index < -0.39 is 15.9 Å². The van der Waals surface area contributed by atoms with Crippen LogP contribution in [0, 0.1) is 0 Å². The van der Waals surface area contributed by atoms with Crippen molar-refractivity contribution in [2.45, 2.75) is 11.8 Å². The number of benzene rings is 2. The molecule has 2 aromatic rings. The van der Waals surface area contributed by atoms with E-state index in [1.165, 1.54) is 31.3 Å². The number of carbonyl (C=O) groups is 1. The van der Waals surface area contributed by atoms with E-state index in [2.05, 4.69) is 5.48 Å². The lowest BCUT2D eigenvalue weighted by Gasteiger charge is -2.20. The van der Waals surface area contributed by atoms with Crippen LogP contribution in [0.2, 0.25) is 5.02 Å². The Balaban J connectivity index is 2.34. The molecular weight excluding hydrogens is 352 g/mol. The summed E-state index contributed by atoms with van der Waals surface area (Å²) in [7, 11) is -2.41. The van der Waals surface area contributed by atoms with E-state index in [1.807, 2.05) is 0 Å². The van der Waals surface area contributed by atoms with E-state index in [1.54, 1.807) is 31.2 Å². The normalized spacial score (nSPS) is 11.1. The summed E-state index contributed by atoms with van der Waals surface area (Å²) in [6, 6.07) is 12.2. The zero-order valence-electron chi connectivity index (χ0n) is 13.2. The maximum absolute atomic E-state index is 12.8. The summed E-state index contributed by atoms with van der Waals surface area (Å²) >= 11 is 5.91.